The number of hydrogen-bond donors (Lipinski definition) is 3. The lowest BCUT2D eigenvalue weighted by Crippen LogP contribution is -2.61. The summed E-state index contributed by atoms with van der Waals surface area (Å²) in [4.78, 5) is 26.4. The lowest BCUT2D eigenvalue weighted by atomic mass is 9.84. The molecule has 2 aromatic rings. The maximum Gasteiger partial charge on any atom is 0.252 e. The maximum absolute atomic E-state index is 13.4. The van der Waals surface area contributed by atoms with Crippen LogP contribution in [0.15, 0.2) is 48.5 Å². The zero-order chi connectivity index (χ0) is 20.3. The number of hydrogen-bond acceptors (Lipinski definition) is 5. The molecule has 4 rings (SSSR count). The van der Waals surface area contributed by atoms with Gasteiger partial charge in [-0.05, 0) is 68.8 Å². The average Bonchev–Trinajstić information content (AvgIpc) is 2.74. The number of nitrogens with zero attached hydrogens (tertiary/aromatic N) is 1. The molecule has 1 saturated heterocycles. The number of nitrogens with one attached hydrogen (secondary N) is 2. The van der Waals surface area contributed by atoms with Crippen molar-refractivity contribution in [2.24, 2.45) is 5.73 Å². The molecule has 0 bridgehead atoms. The number of carbonyl (C=O) groups is 2. The van der Waals surface area contributed by atoms with Gasteiger partial charge in [0.05, 0.1) is 18.0 Å². The third-order valence-electron chi connectivity index (χ3n) is 5.61. The van der Waals surface area contributed by atoms with Gasteiger partial charge in [0.1, 0.15) is 11.3 Å². The fraction of sp³-hybridized carbons (Fsp3) is 0.364. The monoisotopic (exact) mass is 394 g/mol. The molecule has 2 heterocycles. The highest BCUT2D eigenvalue weighted by Gasteiger charge is 2.46. The van der Waals surface area contributed by atoms with Gasteiger partial charge < -0.3 is 26.0 Å². The smallest absolute Gasteiger partial charge is 0.252 e. The minimum atomic E-state index is -0.523. The van der Waals surface area contributed by atoms with Gasteiger partial charge in [0.15, 0.2) is 0 Å². The van der Waals surface area contributed by atoms with Crippen molar-refractivity contribution in [3.63, 3.8) is 0 Å². The molecule has 0 aromatic heterocycles. The Bertz CT molecular complexity index is 891. The second-order valence-electron chi connectivity index (χ2n) is 7.52. The van der Waals surface area contributed by atoms with Crippen molar-refractivity contribution < 1.29 is 14.3 Å². The number of rotatable bonds is 6. The Morgan fingerprint density at radius 1 is 1.10 bits per heavy atom. The van der Waals surface area contributed by atoms with Gasteiger partial charge in [-0.25, -0.2) is 0 Å². The summed E-state index contributed by atoms with van der Waals surface area (Å²) in [6.07, 6.45) is 2.25. The second kappa shape index (κ2) is 8.13. The Hall–Kier alpha value is -3.06. The van der Waals surface area contributed by atoms with Crippen molar-refractivity contribution in [1.82, 2.24) is 5.32 Å². The highest BCUT2D eigenvalue weighted by atomic mass is 16.5. The van der Waals surface area contributed by atoms with Crippen LogP contribution in [-0.2, 0) is 4.79 Å². The number of nitrogens with two attached hydrogens (primary N) is 1. The van der Waals surface area contributed by atoms with Crippen LogP contribution in [0.4, 0.5) is 11.4 Å². The van der Waals surface area contributed by atoms with Crippen LogP contribution in [-0.4, -0.2) is 43.6 Å². The standard InChI is InChI=1S/C22H26N4O3/c23-20(27)16-6-8-17(9-7-16)29-15-3-14-26-19-5-2-1-4-18(19)25-22(21(26)28)10-12-24-13-11-22/h1-2,4-9,24-25H,3,10-15H2,(H2,23,27). The summed E-state index contributed by atoms with van der Waals surface area (Å²) >= 11 is 0. The molecule has 0 aliphatic carbocycles. The van der Waals surface area contributed by atoms with Crippen LogP contribution in [0.3, 0.4) is 0 Å². The third-order valence-corrected chi connectivity index (χ3v) is 5.61. The second-order valence-corrected chi connectivity index (χ2v) is 7.52. The zero-order valence-corrected chi connectivity index (χ0v) is 16.3. The molecule has 1 fully saturated rings. The van der Waals surface area contributed by atoms with E-state index in [1.54, 1.807) is 24.3 Å². The van der Waals surface area contributed by atoms with E-state index in [2.05, 4.69) is 10.6 Å². The Kier molecular flexibility index (Phi) is 5.40. The number of para-hydroxylation sites is 2. The average molecular weight is 394 g/mol. The summed E-state index contributed by atoms with van der Waals surface area (Å²) in [5, 5.41) is 6.86. The molecule has 0 atom stereocenters. The van der Waals surface area contributed by atoms with E-state index in [1.807, 2.05) is 29.2 Å². The van der Waals surface area contributed by atoms with E-state index in [9.17, 15) is 9.59 Å². The van der Waals surface area contributed by atoms with Gasteiger partial charge in [0, 0.05) is 12.1 Å². The Balaban J connectivity index is 1.41. The molecule has 0 saturated carbocycles. The van der Waals surface area contributed by atoms with Gasteiger partial charge in [-0.2, -0.15) is 0 Å². The number of fused-ring (bicyclic) bond motifs is 1. The molecule has 2 aliphatic rings. The van der Waals surface area contributed by atoms with Crippen molar-refractivity contribution in [3.8, 4) is 5.75 Å². The van der Waals surface area contributed by atoms with Crippen molar-refractivity contribution in [2.45, 2.75) is 24.8 Å². The SMILES string of the molecule is NC(=O)c1ccc(OCCCN2C(=O)C3(CCNCC3)Nc3ccccc32)cc1. The molecular weight excluding hydrogens is 368 g/mol. The van der Waals surface area contributed by atoms with E-state index >= 15 is 0 Å². The van der Waals surface area contributed by atoms with Gasteiger partial charge in [-0.3, -0.25) is 9.59 Å². The lowest BCUT2D eigenvalue weighted by Gasteiger charge is -2.46. The molecular formula is C22H26N4O3. The van der Waals surface area contributed by atoms with Gasteiger partial charge in [-0.1, -0.05) is 12.1 Å². The predicted octanol–water partition coefficient (Wildman–Crippen LogP) is 2.14. The molecule has 0 radical (unpaired) electrons. The first-order valence-corrected chi connectivity index (χ1v) is 10.0. The number of carbonyl (C=O) groups excluding carboxylic acids is 2. The molecule has 152 valence electrons. The number of ether oxygens (including phenoxy) is 1. The number of piperidine rings is 1. The molecule has 1 spiro atoms. The summed E-state index contributed by atoms with van der Waals surface area (Å²) in [5.41, 5.74) is 7.12. The predicted molar refractivity (Wildman–Crippen MR) is 112 cm³/mol. The summed E-state index contributed by atoms with van der Waals surface area (Å²) in [6, 6.07) is 14.7. The number of benzene rings is 2. The van der Waals surface area contributed by atoms with Crippen LogP contribution in [0.5, 0.6) is 5.75 Å². The van der Waals surface area contributed by atoms with Crippen molar-refractivity contribution >= 4 is 23.2 Å². The molecule has 7 nitrogen and oxygen atoms in total. The minimum absolute atomic E-state index is 0.142. The van der Waals surface area contributed by atoms with Crippen LogP contribution < -0.4 is 26.0 Å². The molecule has 4 N–H and O–H groups in total. The lowest BCUT2D eigenvalue weighted by molar-refractivity contribution is -0.124. The molecule has 2 aliphatic heterocycles. The first-order chi connectivity index (χ1) is 14.1. The van der Waals surface area contributed by atoms with Crippen LogP contribution >= 0.6 is 0 Å². The van der Waals surface area contributed by atoms with Gasteiger partial charge in [-0.15, -0.1) is 0 Å². The van der Waals surface area contributed by atoms with Crippen molar-refractivity contribution in [1.29, 1.82) is 0 Å². The van der Waals surface area contributed by atoms with Crippen molar-refractivity contribution in [2.75, 3.05) is 36.5 Å². The number of anilines is 2. The summed E-state index contributed by atoms with van der Waals surface area (Å²) in [7, 11) is 0. The normalized spacial score (nSPS) is 17.5. The van der Waals surface area contributed by atoms with E-state index in [4.69, 9.17) is 10.5 Å². The molecule has 2 aromatic carbocycles. The van der Waals surface area contributed by atoms with Gasteiger partial charge >= 0.3 is 0 Å². The largest absolute Gasteiger partial charge is 0.494 e. The van der Waals surface area contributed by atoms with Gasteiger partial charge in [0.2, 0.25) is 5.91 Å². The third kappa shape index (κ3) is 3.91. The van der Waals surface area contributed by atoms with E-state index in [0.29, 0.717) is 30.9 Å². The highest BCUT2D eigenvalue weighted by molar-refractivity contribution is 6.08. The fourth-order valence-corrected chi connectivity index (χ4v) is 4.04. The Labute approximate surface area is 170 Å². The quantitative estimate of drug-likeness (QED) is 0.653. The molecule has 7 heteroatoms. The maximum atomic E-state index is 13.4. The van der Waals surface area contributed by atoms with E-state index in [1.165, 1.54) is 0 Å². The summed E-state index contributed by atoms with van der Waals surface area (Å²) < 4.78 is 5.78. The molecule has 2 amide bonds. The van der Waals surface area contributed by atoms with E-state index < -0.39 is 11.4 Å². The Morgan fingerprint density at radius 3 is 2.55 bits per heavy atom. The summed E-state index contributed by atoms with van der Waals surface area (Å²) in [5.74, 6) is 0.361. The van der Waals surface area contributed by atoms with Crippen LogP contribution in [0, 0.1) is 0 Å². The van der Waals surface area contributed by atoms with Crippen LogP contribution in [0.1, 0.15) is 29.6 Å². The zero-order valence-electron chi connectivity index (χ0n) is 16.3. The Morgan fingerprint density at radius 2 is 1.83 bits per heavy atom. The van der Waals surface area contributed by atoms with Crippen LogP contribution in [0.2, 0.25) is 0 Å². The van der Waals surface area contributed by atoms with Crippen LogP contribution in [0.25, 0.3) is 0 Å². The topological polar surface area (TPSA) is 96.7 Å². The van der Waals surface area contributed by atoms with Gasteiger partial charge in [0.25, 0.3) is 5.91 Å². The van der Waals surface area contributed by atoms with E-state index in [-0.39, 0.29) is 5.91 Å². The van der Waals surface area contributed by atoms with E-state index in [0.717, 1.165) is 37.3 Å². The van der Waals surface area contributed by atoms with Crippen molar-refractivity contribution in [3.05, 3.63) is 54.1 Å². The number of amides is 2. The first kappa shape index (κ1) is 19.3. The minimum Gasteiger partial charge on any atom is -0.494 e. The molecule has 0 unspecified atom stereocenters. The fourth-order valence-electron chi connectivity index (χ4n) is 4.04. The highest BCUT2D eigenvalue weighted by Crippen LogP contribution is 2.38. The molecule has 29 heavy (non-hydrogen) atoms. The first-order valence-electron chi connectivity index (χ1n) is 10.0. The summed E-state index contributed by atoms with van der Waals surface area (Å²) in [6.45, 7) is 2.73. The number of primary amides is 1.